The second-order valence-corrected chi connectivity index (χ2v) is 6.79. The summed E-state index contributed by atoms with van der Waals surface area (Å²) in [7, 11) is 0. The number of rotatable bonds is 5. The van der Waals surface area contributed by atoms with Crippen LogP contribution in [0.5, 0.6) is 0 Å². The molecule has 0 aliphatic carbocycles. The summed E-state index contributed by atoms with van der Waals surface area (Å²) >= 11 is 0. The van der Waals surface area contributed by atoms with E-state index >= 15 is 0 Å². The van der Waals surface area contributed by atoms with Gasteiger partial charge in [0.2, 0.25) is 5.91 Å². The molecule has 31 heavy (non-hydrogen) atoms. The third kappa shape index (κ3) is 7.90. The van der Waals surface area contributed by atoms with E-state index in [4.69, 9.17) is 24.5 Å². The number of piperidine rings is 1. The number of aliphatic hydroxyl groups is 1. The lowest BCUT2D eigenvalue weighted by atomic mass is 9.94. The van der Waals surface area contributed by atoms with Crippen molar-refractivity contribution in [3.8, 4) is 0 Å². The molecule has 2 unspecified atom stereocenters. The van der Waals surface area contributed by atoms with Crippen LogP contribution in [-0.2, 0) is 19.1 Å². The molecule has 2 saturated heterocycles. The Balaban J connectivity index is 0.000000423. The predicted molar refractivity (Wildman–Crippen MR) is 98.0 cm³/mol. The molecular weight excluding hydrogens is 429 g/mol. The van der Waals surface area contributed by atoms with Crippen LogP contribution in [0.2, 0.25) is 0 Å². The number of anilines is 1. The van der Waals surface area contributed by atoms with E-state index in [2.05, 4.69) is 15.6 Å². The minimum atomic E-state index is -5.08. The van der Waals surface area contributed by atoms with Crippen molar-refractivity contribution in [1.29, 1.82) is 0 Å². The molecule has 2 aliphatic rings. The smallest absolute Gasteiger partial charge is 0.475 e. The van der Waals surface area contributed by atoms with Gasteiger partial charge in [-0.25, -0.2) is 9.59 Å². The molecule has 3 heterocycles. The Bertz CT molecular complexity index is 812. The van der Waals surface area contributed by atoms with Gasteiger partial charge in [0.15, 0.2) is 12.5 Å². The minimum Gasteiger partial charge on any atom is -0.475 e. The van der Waals surface area contributed by atoms with Crippen LogP contribution in [0.25, 0.3) is 0 Å². The van der Waals surface area contributed by atoms with Gasteiger partial charge in [0.25, 0.3) is 0 Å². The zero-order chi connectivity index (χ0) is 23.0. The highest BCUT2D eigenvalue weighted by molar-refractivity contribution is 5.89. The highest BCUT2D eigenvalue weighted by Crippen LogP contribution is 2.20. The third-order valence-corrected chi connectivity index (χ3v) is 4.47. The molecule has 3 rings (SSSR count). The second kappa shape index (κ2) is 11.2. The molecule has 1 aromatic heterocycles. The fourth-order valence-corrected chi connectivity index (χ4v) is 2.93. The van der Waals surface area contributed by atoms with E-state index in [9.17, 15) is 22.8 Å². The van der Waals surface area contributed by atoms with Crippen molar-refractivity contribution in [2.24, 2.45) is 5.92 Å². The van der Waals surface area contributed by atoms with Gasteiger partial charge in [-0.3, -0.25) is 9.36 Å². The summed E-state index contributed by atoms with van der Waals surface area (Å²) in [6.07, 6.45) is -2.54. The first-order valence-corrected chi connectivity index (χ1v) is 9.38. The summed E-state index contributed by atoms with van der Waals surface area (Å²) in [4.78, 5) is 36.9. The molecule has 0 spiro atoms. The summed E-state index contributed by atoms with van der Waals surface area (Å²) in [5.41, 5.74) is -0.540. The fourth-order valence-electron chi connectivity index (χ4n) is 2.93. The van der Waals surface area contributed by atoms with Gasteiger partial charge in [0.1, 0.15) is 5.82 Å². The SMILES string of the molecule is O=C(CC1CCNCC1)Nc1ccn(C2COC(CO)O2)c(=O)n1.O=C(O)C(F)(F)F. The van der Waals surface area contributed by atoms with E-state index in [1.807, 2.05) is 0 Å². The van der Waals surface area contributed by atoms with Crippen LogP contribution < -0.4 is 16.3 Å². The van der Waals surface area contributed by atoms with E-state index < -0.39 is 30.4 Å². The molecule has 14 heteroatoms. The number of carbonyl (C=O) groups is 2. The van der Waals surface area contributed by atoms with Gasteiger partial charge in [0, 0.05) is 12.6 Å². The number of carboxylic acid groups (broad SMARTS) is 1. The number of hydrogen-bond acceptors (Lipinski definition) is 8. The van der Waals surface area contributed by atoms with Crippen molar-refractivity contribution in [2.45, 2.75) is 38.0 Å². The number of carboxylic acids is 1. The number of carbonyl (C=O) groups excluding carboxylic acids is 1. The van der Waals surface area contributed by atoms with Crippen molar-refractivity contribution in [2.75, 3.05) is 31.6 Å². The number of amides is 1. The van der Waals surface area contributed by atoms with E-state index in [0.717, 1.165) is 25.9 Å². The molecule has 0 bridgehead atoms. The number of alkyl halides is 3. The molecule has 0 saturated carbocycles. The number of ether oxygens (including phenoxy) is 2. The average molecular weight is 452 g/mol. The maximum absolute atomic E-state index is 12.1. The van der Waals surface area contributed by atoms with Crippen LogP contribution >= 0.6 is 0 Å². The van der Waals surface area contributed by atoms with Crippen molar-refractivity contribution < 1.29 is 42.4 Å². The number of aliphatic hydroxyl groups excluding tert-OH is 1. The monoisotopic (exact) mass is 452 g/mol. The largest absolute Gasteiger partial charge is 0.490 e. The van der Waals surface area contributed by atoms with Gasteiger partial charge in [-0.15, -0.1) is 0 Å². The topological polar surface area (TPSA) is 152 Å². The molecule has 4 N–H and O–H groups in total. The lowest BCUT2D eigenvalue weighted by molar-refractivity contribution is -0.192. The van der Waals surface area contributed by atoms with Crippen LogP contribution in [0, 0.1) is 5.92 Å². The summed E-state index contributed by atoms with van der Waals surface area (Å²) in [6, 6.07) is 1.55. The molecule has 1 aromatic rings. The molecule has 0 radical (unpaired) electrons. The molecular formula is C17H23F3N4O7. The van der Waals surface area contributed by atoms with Crippen LogP contribution in [0.4, 0.5) is 19.0 Å². The Labute approximate surface area is 174 Å². The Morgan fingerprint density at radius 1 is 1.32 bits per heavy atom. The van der Waals surface area contributed by atoms with Crippen molar-refractivity contribution in [1.82, 2.24) is 14.9 Å². The highest BCUT2D eigenvalue weighted by atomic mass is 19.4. The Kier molecular flexibility index (Phi) is 8.91. The first-order chi connectivity index (χ1) is 14.6. The number of nitrogens with one attached hydrogen (secondary N) is 2. The van der Waals surface area contributed by atoms with Crippen LogP contribution in [-0.4, -0.2) is 70.4 Å². The number of aliphatic carboxylic acids is 1. The number of aromatic nitrogens is 2. The van der Waals surface area contributed by atoms with Gasteiger partial charge in [-0.2, -0.15) is 18.2 Å². The molecule has 11 nitrogen and oxygen atoms in total. The fraction of sp³-hybridized carbons (Fsp3) is 0.647. The van der Waals surface area contributed by atoms with E-state index in [-0.39, 0.29) is 24.9 Å². The lowest BCUT2D eigenvalue weighted by Gasteiger charge is -2.21. The average Bonchev–Trinajstić information content (AvgIpc) is 3.17. The minimum absolute atomic E-state index is 0.132. The van der Waals surface area contributed by atoms with Gasteiger partial charge >= 0.3 is 17.8 Å². The second-order valence-electron chi connectivity index (χ2n) is 6.79. The Hall–Kier alpha value is -2.55. The standard InChI is InChI=1S/C15H22N4O5.C2HF3O2/c20-8-14-23-9-13(24-14)19-6-3-11(18-15(19)22)17-12(21)7-10-1-4-16-5-2-10;3-2(4,5)1(6)7/h3,6,10,13-14,16,20H,1-2,4-5,7-9H2,(H,17,18,21,22);(H,6,7). The van der Waals surface area contributed by atoms with Crippen molar-refractivity contribution in [3.05, 3.63) is 22.7 Å². The van der Waals surface area contributed by atoms with Gasteiger partial charge < -0.3 is 30.3 Å². The highest BCUT2D eigenvalue weighted by Gasteiger charge is 2.38. The molecule has 2 atom stereocenters. The normalized spacial score (nSPS) is 21.8. The van der Waals surface area contributed by atoms with Gasteiger partial charge in [-0.1, -0.05) is 0 Å². The maximum Gasteiger partial charge on any atom is 0.490 e. The van der Waals surface area contributed by atoms with Gasteiger partial charge in [0.05, 0.1) is 13.2 Å². The van der Waals surface area contributed by atoms with E-state index in [0.29, 0.717) is 12.3 Å². The molecule has 1 amide bonds. The molecule has 2 fully saturated rings. The Morgan fingerprint density at radius 2 is 1.97 bits per heavy atom. The van der Waals surface area contributed by atoms with Crippen molar-refractivity contribution >= 4 is 17.7 Å². The zero-order valence-corrected chi connectivity index (χ0v) is 16.3. The number of halogens is 3. The van der Waals surface area contributed by atoms with Crippen molar-refractivity contribution in [3.63, 3.8) is 0 Å². The quantitative estimate of drug-likeness (QED) is 0.486. The third-order valence-electron chi connectivity index (χ3n) is 4.47. The number of nitrogens with zero attached hydrogens (tertiary/aromatic N) is 2. The van der Waals surface area contributed by atoms with E-state index in [1.54, 1.807) is 6.07 Å². The number of hydrogen-bond donors (Lipinski definition) is 4. The molecule has 0 aromatic carbocycles. The summed E-state index contributed by atoms with van der Waals surface area (Å²) < 4.78 is 43.5. The molecule has 174 valence electrons. The lowest BCUT2D eigenvalue weighted by Crippen LogP contribution is -2.31. The van der Waals surface area contributed by atoms with Crippen LogP contribution in [0.1, 0.15) is 25.5 Å². The zero-order valence-electron chi connectivity index (χ0n) is 16.3. The first-order valence-electron chi connectivity index (χ1n) is 9.38. The van der Waals surface area contributed by atoms with E-state index in [1.165, 1.54) is 10.8 Å². The van der Waals surface area contributed by atoms with Gasteiger partial charge in [-0.05, 0) is 37.9 Å². The van der Waals surface area contributed by atoms with Crippen LogP contribution in [0.15, 0.2) is 17.1 Å². The summed E-state index contributed by atoms with van der Waals surface area (Å²) in [6.45, 7) is 1.76. The predicted octanol–water partition coefficient (Wildman–Crippen LogP) is 0.0686. The molecule has 2 aliphatic heterocycles. The first kappa shape index (κ1) is 24.7. The van der Waals surface area contributed by atoms with Crippen LogP contribution in [0.3, 0.4) is 0 Å². The maximum atomic E-state index is 12.1. The summed E-state index contributed by atoms with van der Waals surface area (Å²) in [5.74, 6) is -2.29. The summed E-state index contributed by atoms with van der Waals surface area (Å²) in [5, 5.41) is 22.0. The Morgan fingerprint density at radius 3 is 2.48 bits per heavy atom.